The lowest BCUT2D eigenvalue weighted by Crippen LogP contribution is -2.32. The maximum Gasteiger partial charge on any atom is 0.320 e. The normalized spacial score (nSPS) is 17.6. The number of carboxylic acid groups (broad SMARTS) is 1. The van der Waals surface area contributed by atoms with Crippen molar-refractivity contribution in [2.75, 3.05) is 0 Å². The molecule has 1 heterocycles. The molecule has 66 valence electrons. The Balaban J connectivity index is 2.87. The lowest BCUT2D eigenvalue weighted by atomic mass is 10.2. The summed E-state index contributed by atoms with van der Waals surface area (Å²) in [5, 5.41) is 8.58. The van der Waals surface area contributed by atoms with Crippen LogP contribution in [-0.2, 0) is 18.2 Å². The average Bonchev–Trinajstić information content (AvgIpc) is 2.50. The van der Waals surface area contributed by atoms with Crippen LogP contribution in [0, 0.1) is 0 Å². The smallest absolute Gasteiger partial charge is 0.320 e. The van der Waals surface area contributed by atoms with Gasteiger partial charge in [0.2, 0.25) is 0 Å². The second-order valence-electron chi connectivity index (χ2n) is 2.40. The molecule has 5 nitrogen and oxygen atoms in total. The highest BCUT2D eigenvalue weighted by atomic mass is 16.4. The average molecular weight is 172 g/mol. The molecule has 0 saturated heterocycles. The van der Waals surface area contributed by atoms with Crippen LogP contribution in [-0.4, -0.2) is 26.7 Å². The molecule has 1 aromatic heterocycles. The van der Waals surface area contributed by atoms with Crippen LogP contribution in [0.2, 0.25) is 0 Å². The van der Waals surface area contributed by atoms with Crippen molar-refractivity contribution in [2.45, 2.75) is 12.5 Å². The number of rotatable bonds is 3. The van der Waals surface area contributed by atoms with Crippen LogP contribution < -0.4 is 5.73 Å². The van der Waals surface area contributed by atoms with Gasteiger partial charge in [-0.05, 0) is 0 Å². The maximum absolute atomic E-state index is 10.5. The lowest BCUT2D eigenvalue weighted by molar-refractivity contribution is -0.138. The summed E-state index contributed by atoms with van der Waals surface area (Å²) in [6.45, 7) is -2.36. The predicted molar refractivity (Wildman–Crippen MR) is 42.5 cm³/mol. The van der Waals surface area contributed by atoms with E-state index in [2.05, 4.69) is 4.98 Å². The standard InChI is InChI=1S/C7H11N3O2/c1-10-4-9-3-5(10)2-6(8)7(11)12/h3-4,6H,2,8H2,1H3,(H,11,12)/t6-/m0/s1/i1D3. The van der Waals surface area contributed by atoms with Gasteiger partial charge in [-0.15, -0.1) is 0 Å². The Morgan fingerprint density at radius 2 is 2.83 bits per heavy atom. The van der Waals surface area contributed by atoms with Gasteiger partial charge < -0.3 is 15.4 Å². The van der Waals surface area contributed by atoms with Gasteiger partial charge in [0.15, 0.2) is 0 Å². The van der Waals surface area contributed by atoms with Gasteiger partial charge in [-0.25, -0.2) is 4.98 Å². The number of aliphatic carboxylic acids is 1. The first-order valence-corrected chi connectivity index (χ1v) is 3.32. The predicted octanol–water partition coefficient (Wildman–Crippen LogP) is -0.625. The van der Waals surface area contributed by atoms with Gasteiger partial charge in [0, 0.05) is 29.4 Å². The fourth-order valence-corrected chi connectivity index (χ4v) is 0.786. The Labute approximate surface area is 74.0 Å². The quantitative estimate of drug-likeness (QED) is 0.636. The van der Waals surface area contributed by atoms with E-state index in [4.69, 9.17) is 15.0 Å². The summed E-state index contributed by atoms with van der Waals surface area (Å²) in [5.41, 5.74) is 5.58. The molecule has 1 atom stereocenters. The van der Waals surface area contributed by atoms with Crippen LogP contribution in [0.4, 0.5) is 0 Å². The van der Waals surface area contributed by atoms with E-state index < -0.39 is 19.0 Å². The van der Waals surface area contributed by atoms with Crippen LogP contribution in [0.5, 0.6) is 0 Å². The van der Waals surface area contributed by atoms with E-state index in [-0.39, 0.29) is 12.1 Å². The molecule has 1 rings (SSSR count). The number of nitrogens with two attached hydrogens (primary N) is 1. The number of carboxylic acids is 1. The van der Waals surface area contributed by atoms with Crippen LogP contribution >= 0.6 is 0 Å². The van der Waals surface area contributed by atoms with Gasteiger partial charge >= 0.3 is 5.97 Å². The molecule has 1 aromatic rings. The van der Waals surface area contributed by atoms with Crippen molar-refractivity contribution in [1.29, 1.82) is 0 Å². The van der Waals surface area contributed by atoms with Crippen LogP contribution in [0.3, 0.4) is 0 Å². The van der Waals surface area contributed by atoms with Gasteiger partial charge in [-0.1, -0.05) is 0 Å². The minimum atomic E-state index is -2.36. The summed E-state index contributed by atoms with van der Waals surface area (Å²) >= 11 is 0. The summed E-state index contributed by atoms with van der Waals surface area (Å²) in [6, 6.07) is -1.12. The van der Waals surface area contributed by atoms with Gasteiger partial charge in [0.1, 0.15) is 6.04 Å². The molecule has 12 heavy (non-hydrogen) atoms. The van der Waals surface area contributed by atoms with Crippen molar-refractivity contribution in [3.05, 3.63) is 18.2 Å². The van der Waals surface area contributed by atoms with Crippen LogP contribution in [0.25, 0.3) is 0 Å². The minimum absolute atomic E-state index is 0.0618. The lowest BCUT2D eigenvalue weighted by Gasteiger charge is -2.05. The molecule has 0 aromatic carbocycles. The van der Waals surface area contributed by atoms with E-state index in [9.17, 15) is 4.79 Å². The molecular weight excluding hydrogens is 158 g/mol. The highest BCUT2D eigenvalue weighted by Gasteiger charge is 2.13. The molecule has 0 spiro atoms. The summed E-state index contributed by atoms with van der Waals surface area (Å²) in [5.74, 6) is -1.17. The number of hydrogen-bond acceptors (Lipinski definition) is 3. The fraction of sp³-hybridized carbons (Fsp3) is 0.429. The van der Waals surface area contributed by atoms with Gasteiger partial charge in [-0.2, -0.15) is 0 Å². The van der Waals surface area contributed by atoms with Crippen molar-refractivity contribution in [2.24, 2.45) is 12.7 Å². The molecule has 0 bridgehead atoms. The van der Waals surface area contributed by atoms with Crippen molar-refractivity contribution in [3.8, 4) is 0 Å². The number of aromatic nitrogens is 2. The van der Waals surface area contributed by atoms with Crippen molar-refractivity contribution in [3.63, 3.8) is 0 Å². The molecule has 0 aliphatic rings. The van der Waals surface area contributed by atoms with E-state index in [1.54, 1.807) is 0 Å². The number of hydrogen-bond donors (Lipinski definition) is 2. The zero-order valence-electron chi connectivity index (χ0n) is 9.27. The molecule has 0 unspecified atom stereocenters. The third-order valence-electron chi connectivity index (χ3n) is 1.46. The number of carbonyl (C=O) groups is 1. The Kier molecular flexibility index (Phi) is 1.49. The summed E-state index contributed by atoms with van der Waals surface area (Å²) in [4.78, 5) is 14.1. The molecular formula is C7H11N3O2. The monoisotopic (exact) mass is 172 g/mol. The Hall–Kier alpha value is -1.36. The summed E-state index contributed by atoms with van der Waals surface area (Å²) in [6.07, 6.45) is 2.37. The number of imidazole rings is 1. The molecule has 0 fully saturated rings. The first-order chi connectivity index (χ1) is 6.82. The third kappa shape index (κ3) is 1.82. The highest BCUT2D eigenvalue weighted by molar-refractivity contribution is 5.73. The van der Waals surface area contributed by atoms with Gasteiger partial charge in [-0.3, -0.25) is 4.79 Å². The topological polar surface area (TPSA) is 81.1 Å². The summed E-state index contributed by atoms with van der Waals surface area (Å²) in [7, 11) is 0. The number of nitrogens with zero attached hydrogens (tertiary/aromatic N) is 2. The van der Waals surface area contributed by atoms with Crippen molar-refractivity contribution < 1.29 is 14.0 Å². The first kappa shape index (κ1) is 5.31. The van der Waals surface area contributed by atoms with E-state index >= 15 is 0 Å². The van der Waals surface area contributed by atoms with Crippen molar-refractivity contribution >= 4 is 5.97 Å². The van der Waals surface area contributed by atoms with Crippen LogP contribution in [0.1, 0.15) is 9.81 Å². The second-order valence-corrected chi connectivity index (χ2v) is 2.40. The third-order valence-corrected chi connectivity index (χ3v) is 1.46. The Morgan fingerprint density at radius 1 is 2.08 bits per heavy atom. The molecule has 0 amide bonds. The zero-order valence-corrected chi connectivity index (χ0v) is 6.27. The highest BCUT2D eigenvalue weighted by Crippen LogP contribution is 1.99. The zero-order chi connectivity index (χ0) is 11.6. The molecule has 5 heteroatoms. The molecule has 3 N–H and O–H groups in total. The largest absolute Gasteiger partial charge is 0.480 e. The Bertz CT molecular complexity index is 361. The van der Waals surface area contributed by atoms with Gasteiger partial charge in [0.25, 0.3) is 0 Å². The van der Waals surface area contributed by atoms with E-state index in [0.29, 0.717) is 0 Å². The second kappa shape index (κ2) is 3.36. The maximum atomic E-state index is 10.5. The SMILES string of the molecule is [2H]C([2H])([2H])n1cncc1C[C@H](N)C(=O)O. The van der Waals surface area contributed by atoms with Gasteiger partial charge in [0.05, 0.1) is 6.33 Å². The number of aryl methyl sites for hydroxylation is 1. The molecule has 0 saturated carbocycles. The minimum Gasteiger partial charge on any atom is -0.480 e. The summed E-state index contributed by atoms with van der Waals surface area (Å²) < 4.78 is 22.4. The fourth-order valence-electron chi connectivity index (χ4n) is 0.786. The molecule has 0 aliphatic heterocycles. The Morgan fingerprint density at radius 3 is 3.42 bits per heavy atom. The molecule has 0 radical (unpaired) electrons. The molecule has 0 aliphatic carbocycles. The van der Waals surface area contributed by atoms with Crippen LogP contribution in [0.15, 0.2) is 12.5 Å². The first-order valence-electron chi connectivity index (χ1n) is 4.82. The van der Waals surface area contributed by atoms with E-state index in [1.807, 2.05) is 0 Å². The van der Waals surface area contributed by atoms with E-state index in [1.165, 1.54) is 6.20 Å². The van der Waals surface area contributed by atoms with Crippen molar-refractivity contribution in [1.82, 2.24) is 9.55 Å². The van der Waals surface area contributed by atoms with E-state index in [0.717, 1.165) is 10.9 Å².